The Bertz CT molecular complexity index is 1110. The fourth-order valence-electron chi connectivity index (χ4n) is 5.48. The van der Waals surface area contributed by atoms with Crippen molar-refractivity contribution in [3.05, 3.63) is 53.1 Å². The Kier molecular flexibility index (Phi) is 5.08. The molecule has 4 aliphatic rings. The van der Waals surface area contributed by atoms with Crippen LogP contribution in [0.25, 0.3) is 10.8 Å². The van der Waals surface area contributed by atoms with E-state index < -0.39 is 0 Å². The maximum absolute atomic E-state index is 13.3. The van der Waals surface area contributed by atoms with Crippen LogP contribution in [0, 0.1) is 5.92 Å². The van der Waals surface area contributed by atoms with Crippen molar-refractivity contribution < 1.29 is 9.59 Å². The van der Waals surface area contributed by atoms with E-state index in [1.807, 2.05) is 23.1 Å². The zero-order valence-corrected chi connectivity index (χ0v) is 18.6. The molecular formula is C24H27N5O2S. The number of nitrogens with one attached hydrogen (secondary N) is 4. The molecule has 0 bridgehead atoms. The van der Waals surface area contributed by atoms with Crippen molar-refractivity contribution in [1.29, 1.82) is 0 Å². The number of rotatable bonds is 3. The molecule has 3 unspecified atom stereocenters. The number of urea groups is 1. The van der Waals surface area contributed by atoms with E-state index in [0.29, 0.717) is 4.91 Å². The second kappa shape index (κ2) is 8.10. The van der Waals surface area contributed by atoms with Crippen molar-refractivity contribution in [2.24, 2.45) is 5.92 Å². The van der Waals surface area contributed by atoms with Gasteiger partial charge in [0.2, 0.25) is 0 Å². The molecule has 0 spiro atoms. The van der Waals surface area contributed by atoms with E-state index in [9.17, 15) is 9.59 Å². The zero-order chi connectivity index (χ0) is 21.7. The number of nitrogens with zero attached hydrogens (tertiary/aromatic N) is 1. The van der Waals surface area contributed by atoms with Gasteiger partial charge < -0.3 is 21.3 Å². The minimum Gasteiger partial charge on any atom is -0.348 e. The Labute approximate surface area is 191 Å². The molecular weight excluding hydrogens is 422 g/mol. The van der Waals surface area contributed by atoms with Crippen molar-refractivity contribution in [1.82, 2.24) is 21.3 Å². The highest BCUT2D eigenvalue weighted by Crippen LogP contribution is 2.48. The summed E-state index contributed by atoms with van der Waals surface area (Å²) < 4.78 is 0. The minimum absolute atomic E-state index is 0.0281. The lowest BCUT2D eigenvalue weighted by molar-refractivity contribution is -0.117. The van der Waals surface area contributed by atoms with Crippen LogP contribution < -0.4 is 26.2 Å². The van der Waals surface area contributed by atoms with Crippen LogP contribution in [0.5, 0.6) is 0 Å². The van der Waals surface area contributed by atoms with Crippen molar-refractivity contribution >= 4 is 40.2 Å². The van der Waals surface area contributed by atoms with Crippen LogP contribution in [-0.2, 0) is 4.79 Å². The van der Waals surface area contributed by atoms with E-state index in [4.69, 9.17) is 0 Å². The summed E-state index contributed by atoms with van der Waals surface area (Å²) in [4.78, 5) is 29.1. The van der Waals surface area contributed by atoms with Crippen molar-refractivity contribution in [3.8, 4) is 0 Å². The summed E-state index contributed by atoms with van der Waals surface area (Å²) in [7, 11) is 0. The second-order valence-electron chi connectivity index (χ2n) is 8.97. The third-order valence-electron chi connectivity index (χ3n) is 6.99. The summed E-state index contributed by atoms with van der Waals surface area (Å²) in [5.41, 5.74) is 1.70. The van der Waals surface area contributed by atoms with Crippen LogP contribution in [0.15, 0.2) is 53.1 Å². The van der Waals surface area contributed by atoms with E-state index in [2.05, 4.69) is 45.5 Å². The summed E-state index contributed by atoms with van der Waals surface area (Å²) in [5.74, 6) is 0.0104. The Morgan fingerprint density at radius 2 is 1.97 bits per heavy atom. The number of piperidine rings is 2. The molecule has 0 saturated carbocycles. The van der Waals surface area contributed by atoms with Crippen LogP contribution in [0.3, 0.4) is 0 Å². The molecule has 2 aromatic carbocycles. The van der Waals surface area contributed by atoms with Crippen LogP contribution in [0.4, 0.5) is 10.5 Å². The quantitative estimate of drug-likeness (QED) is 0.579. The number of thioether (sulfide) groups is 1. The molecule has 3 amide bonds. The van der Waals surface area contributed by atoms with Gasteiger partial charge in [0.05, 0.1) is 16.3 Å². The van der Waals surface area contributed by atoms with E-state index >= 15 is 0 Å². The number of benzene rings is 2. The first kappa shape index (κ1) is 20.1. The molecule has 0 aromatic heterocycles. The molecule has 4 aliphatic heterocycles. The van der Waals surface area contributed by atoms with Crippen molar-refractivity contribution in [3.63, 3.8) is 0 Å². The number of carbonyl (C=O) groups excluding carboxylic acids is 2. The molecule has 3 fully saturated rings. The number of hydrogen-bond acceptors (Lipinski definition) is 5. The van der Waals surface area contributed by atoms with Gasteiger partial charge in [-0.05, 0) is 55.3 Å². The van der Waals surface area contributed by atoms with E-state index in [1.165, 1.54) is 0 Å². The smallest absolute Gasteiger partial charge is 0.326 e. The maximum atomic E-state index is 13.3. The summed E-state index contributed by atoms with van der Waals surface area (Å²) in [6.45, 7) is 2.63. The second-order valence-corrected chi connectivity index (χ2v) is 10.1. The minimum atomic E-state index is -0.149. The molecule has 4 atom stereocenters. The molecule has 3 saturated heterocycles. The molecule has 4 heterocycles. The van der Waals surface area contributed by atoms with Crippen molar-refractivity contribution in [2.75, 3.05) is 24.5 Å². The number of anilines is 1. The van der Waals surface area contributed by atoms with Gasteiger partial charge in [-0.3, -0.25) is 9.69 Å². The van der Waals surface area contributed by atoms with Gasteiger partial charge in [0.1, 0.15) is 0 Å². The molecule has 7 nitrogen and oxygen atoms in total. The highest BCUT2D eigenvalue weighted by molar-refractivity contribution is 8.04. The van der Waals surface area contributed by atoms with Gasteiger partial charge in [-0.15, -0.1) is 0 Å². The average Bonchev–Trinajstić information content (AvgIpc) is 3.19. The summed E-state index contributed by atoms with van der Waals surface area (Å²) in [5, 5.41) is 15.6. The average molecular weight is 450 g/mol. The predicted molar refractivity (Wildman–Crippen MR) is 127 cm³/mol. The van der Waals surface area contributed by atoms with Gasteiger partial charge in [-0.2, -0.15) is 0 Å². The Balaban J connectivity index is 1.31. The van der Waals surface area contributed by atoms with Gasteiger partial charge in [-0.1, -0.05) is 42.1 Å². The Morgan fingerprint density at radius 3 is 2.81 bits per heavy atom. The monoisotopic (exact) mass is 449 g/mol. The SMILES string of the molecule is O=C(N[C@@H]1CCCNC1)C1=C2NC(=O)N(c3ccc4ccccc4c3)C3CCNC(S1)C23. The molecule has 166 valence electrons. The normalized spacial score (nSPS) is 29.6. The maximum Gasteiger partial charge on any atom is 0.326 e. The molecule has 6 rings (SSSR count). The molecule has 0 aliphatic carbocycles. The Hall–Kier alpha value is -2.55. The lowest BCUT2D eigenvalue weighted by Crippen LogP contribution is -2.62. The fraction of sp³-hybridized carbons (Fsp3) is 0.417. The lowest BCUT2D eigenvalue weighted by atomic mass is 9.86. The third-order valence-corrected chi connectivity index (χ3v) is 8.35. The molecule has 8 heteroatoms. The number of fused-ring (bicyclic) bond motifs is 1. The summed E-state index contributed by atoms with van der Waals surface area (Å²) >= 11 is 1.56. The third kappa shape index (κ3) is 3.37. The van der Waals surface area contributed by atoms with Crippen molar-refractivity contribution in [2.45, 2.75) is 36.7 Å². The number of hydrogen-bond donors (Lipinski definition) is 4. The van der Waals surface area contributed by atoms with Crippen LogP contribution in [-0.4, -0.2) is 49.0 Å². The highest BCUT2D eigenvalue weighted by atomic mass is 32.2. The van der Waals surface area contributed by atoms with E-state index in [-0.39, 0.29) is 35.3 Å². The van der Waals surface area contributed by atoms with Crippen LogP contribution >= 0.6 is 11.8 Å². The standard InChI is InChI=1S/C24H27N5O2S/c30-22(27-16-6-3-10-25-13-16)21-20-19-18(9-11-26-23(19)32-21)29(24(31)28-20)17-8-7-14-4-1-2-5-15(14)12-17/h1-2,4-5,7-8,12,16,18-19,23,25-26H,3,6,9-11,13H2,(H,27,30)(H,28,31)/t16-,18?,19?,23?/m1/s1. The van der Waals surface area contributed by atoms with Gasteiger partial charge in [-0.25, -0.2) is 4.79 Å². The number of carbonyl (C=O) groups is 2. The largest absolute Gasteiger partial charge is 0.348 e. The first-order valence-electron chi connectivity index (χ1n) is 11.4. The first-order valence-corrected chi connectivity index (χ1v) is 12.3. The summed E-state index contributed by atoms with van der Waals surface area (Å²) in [6.07, 6.45) is 2.91. The topological polar surface area (TPSA) is 85.5 Å². The van der Waals surface area contributed by atoms with Crippen LogP contribution in [0.1, 0.15) is 19.3 Å². The molecule has 0 radical (unpaired) electrons. The highest BCUT2D eigenvalue weighted by Gasteiger charge is 2.51. The fourth-order valence-corrected chi connectivity index (χ4v) is 6.87. The lowest BCUT2D eigenvalue weighted by Gasteiger charge is -2.45. The van der Waals surface area contributed by atoms with Gasteiger partial charge in [0, 0.05) is 29.9 Å². The Morgan fingerprint density at radius 1 is 1.09 bits per heavy atom. The van der Waals surface area contributed by atoms with Crippen LogP contribution in [0.2, 0.25) is 0 Å². The van der Waals surface area contributed by atoms with E-state index in [0.717, 1.165) is 61.1 Å². The van der Waals surface area contributed by atoms with Gasteiger partial charge >= 0.3 is 6.03 Å². The van der Waals surface area contributed by atoms with Gasteiger partial charge in [0.25, 0.3) is 5.91 Å². The number of amides is 3. The molecule has 4 N–H and O–H groups in total. The summed E-state index contributed by atoms with van der Waals surface area (Å²) in [6, 6.07) is 14.4. The zero-order valence-electron chi connectivity index (χ0n) is 17.8. The van der Waals surface area contributed by atoms with E-state index in [1.54, 1.807) is 11.8 Å². The van der Waals surface area contributed by atoms with Gasteiger partial charge in [0.15, 0.2) is 0 Å². The molecule has 32 heavy (non-hydrogen) atoms. The first-order chi connectivity index (χ1) is 15.7. The molecule has 2 aromatic rings. The predicted octanol–water partition coefficient (Wildman–Crippen LogP) is 2.50.